The number of carbonyl (C=O) groups excluding carboxylic acids is 2. The highest BCUT2D eigenvalue weighted by Crippen LogP contribution is 2.58. The van der Waals surface area contributed by atoms with E-state index in [1.807, 2.05) is 48.5 Å². The van der Waals surface area contributed by atoms with Gasteiger partial charge in [0.1, 0.15) is 5.75 Å². The maximum atomic E-state index is 13.2. The zero-order chi connectivity index (χ0) is 20.7. The van der Waals surface area contributed by atoms with Crippen LogP contribution < -0.4 is 14.9 Å². The molecule has 2 atom stereocenters. The van der Waals surface area contributed by atoms with Gasteiger partial charge < -0.3 is 15.0 Å². The van der Waals surface area contributed by atoms with E-state index in [2.05, 4.69) is 10.3 Å². The second kappa shape index (κ2) is 7.45. The first-order chi connectivity index (χ1) is 14.6. The number of aromatic amines is 1. The van der Waals surface area contributed by atoms with Crippen molar-refractivity contribution in [3.8, 4) is 5.75 Å². The molecule has 2 aliphatic rings. The molecular formula is C22H18N2O4S2. The zero-order valence-corrected chi connectivity index (χ0v) is 17.5. The quantitative estimate of drug-likeness (QED) is 0.482. The molecule has 1 amide bonds. The van der Waals surface area contributed by atoms with Crippen molar-refractivity contribution in [1.82, 2.24) is 10.3 Å². The van der Waals surface area contributed by atoms with Crippen molar-refractivity contribution in [2.24, 2.45) is 5.41 Å². The number of carbonyl (C=O) groups is 2. The SMILES string of the molecule is O=C(C[C@@]12CSc3[nH]c(=O)sc3[C@H]1c1ccccc1OC2=O)NCc1ccccc1. The minimum Gasteiger partial charge on any atom is -0.426 e. The van der Waals surface area contributed by atoms with E-state index in [-0.39, 0.29) is 17.2 Å². The van der Waals surface area contributed by atoms with E-state index in [0.717, 1.165) is 32.4 Å². The number of ether oxygens (including phenoxy) is 1. The van der Waals surface area contributed by atoms with Crippen LogP contribution in [0.4, 0.5) is 0 Å². The van der Waals surface area contributed by atoms with E-state index < -0.39 is 17.3 Å². The number of para-hydroxylation sites is 1. The molecule has 30 heavy (non-hydrogen) atoms. The molecule has 152 valence electrons. The van der Waals surface area contributed by atoms with Gasteiger partial charge in [0, 0.05) is 35.1 Å². The van der Waals surface area contributed by atoms with Gasteiger partial charge in [-0.1, -0.05) is 59.9 Å². The number of hydrogen-bond donors (Lipinski definition) is 2. The van der Waals surface area contributed by atoms with Crippen LogP contribution in [-0.2, 0) is 16.1 Å². The summed E-state index contributed by atoms with van der Waals surface area (Å²) in [5.41, 5.74) is 0.767. The van der Waals surface area contributed by atoms with Crippen molar-refractivity contribution in [3.63, 3.8) is 0 Å². The molecule has 3 aromatic rings. The van der Waals surface area contributed by atoms with Crippen molar-refractivity contribution in [1.29, 1.82) is 0 Å². The number of hydrogen-bond acceptors (Lipinski definition) is 6. The van der Waals surface area contributed by atoms with Crippen molar-refractivity contribution >= 4 is 35.0 Å². The van der Waals surface area contributed by atoms with E-state index in [4.69, 9.17) is 4.74 Å². The van der Waals surface area contributed by atoms with Gasteiger partial charge in [-0.25, -0.2) is 0 Å². The maximum Gasteiger partial charge on any atom is 0.319 e. The number of H-pyrrole nitrogens is 1. The lowest BCUT2D eigenvalue weighted by molar-refractivity contribution is -0.150. The van der Waals surface area contributed by atoms with Gasteiger partial charge >= 0.3 is 10.8 Å². The molecule has 0 spiro atoms. The number of thiazole rings is 1. The lowest BCUT2D eigenvalue weighted by Gasteiger charge is -2.44. The molecular weight excluding hydrogens is 420 g/mol. The van der Waals surface area contributed by atoms with Crippen LogP contribution in [0.2, 0.25) is 0 Å². The molecule has 1 aromatic heterocycles. The second-order valence-electron chi connectivity index (χ2n) is 7.45. The molecule has 6 nitrogen and oxygen atoms in total. The number of aromatic nitrogens is 1. The highest BCUT2D eigenvalue weighted by molar-refractivity contribution is 7.99. The Kier molecular flexibility index (Phi) is 4.75. The summed E-state index contributed by atoms with van der Waals surface area (Å²) in [5.74, 6) is -0.167. The second-order valence-corrected chi connectivity index (χ2v) is 9.45. The third kappa shape index (κ3) is 3.16. The number of esters is 1. The van der Waals surface area contributed by atoms with E-state index in [1.54, 1.807) is 6.07 Å². The normalized spacial score (nSPS) is 21.7. The zero-order valence-electron chi connectivity index (χ0n) is 15.8. The Morgan fingerprint density at radius 1 is 1.13 bits per heavy atom. The van der Waals surface area contributed by atoms with Crippen LogP contribution in [0.3, 0.4) is 0 Å². The summed E-state index contributed by atoms with van der Waals surface area (Å²) in [4.78, 5) is 41.7. The van der Waals surface area contributed by atoms with Crippen LogP contribution >= 0.6 is 23.1 Å². The van der Waals surface area contributed by atoms with Gasteiger partial charge in [0.15, 0.2) is 0 Å². The lowest BCUT2D eigenvalue weighted by atomic mass is 9.68. The Balaban J connectivity index is 1.51. The largest absolute Gasteiger partial charge is 0.426 e. The van der Waals surface area contributed by atoms with Gasteiger partial charge in [-0.05, 0) is 11.6 Å². The van der Waals surface area contributed by atoms with E-state index in [1.165, 1.54) is 11.8 Å². The molecule has 0 fully saturated rings. The number of amides is 1. The summed E-state index contributed by atoms with van der Waals surface area (Å²) < 4.78 is 5.67. The molecule has 0 saturated carbocycles. The van der Waals surface area contributed by atoms with E-state index in [0.29, 0.717) is 18.0 Å². The summed E-state index contributed by atoms with van der Waals surface area (Å²) in [6.07, 6.45) is -0.00377. The summed E-state index contributed by atoms with van der Waals surface area (Å²) in [6.45, 7) is 0.391. The third-order valence-corrected chi connectivity index (χ3v) is 7.93. The van der Waals surface area contributed by atoms with Crippen LogP contribution in [0.1, 0.15) is 28.3 Å². The molecule has 0 saturated heterocycles. The van der Waals surface area contributed by atoms with Crippen LogP contribution in [0.5, 0.6) is 5.75 Å². The summed E-state index contributed by atoms with van der Waals surface area (Å²) in [7, 11) is 0. The third-order valence-electron chi connectivity index (χ3n) is 5.58. The molecule has 3 heterocycles. The van der Waals surface area contributed by atoms with Crippen LogP contribution in [-0.4, -0.2) is 22.6 Å². The van der Waals surface area contributed by atoms with Crippen molar-refractivity contribution in [2.75, 3.05) is 5.75 Å². The fourth-order valence-electron chi connectivity index (χ4n) is 4.16. The standard InChI is InChI=1S/C22H18N2O4S2/c25-16(23-11-13-6-2-1-3-7-13)10-22-12-29-19-18(30-21(27)24-19)17(22)14-8-4-5-9-15(14)28-20(22)26/h1-9,17H,10-12H2,(H,23,25)(H,24,27)/t17-,22-/m1/s1. The Morgan fingerprint density at radius 2 is 1.90 bits per heavy atom. The molecule has 0 bridgehead atoms. The monoisotopic (exact) mass is 438 g/mol. The van der Waals surface area contributed by atoms with Crippen LogP contribution in [0.15, 0.2) is 64.4 Å². The van der Waals surface area contributed by atoms with Gasteiger partial charge in [-0.2, -0.15) is 0 Å². The highest BCUT2D eigenvalue weighted by atomic mass is 32.2. The summed E-state index contributed by atoms with van der Waals surface area (Å²) in [5, 5.41) is 3.70. The predicted molar refractivity (Wildman–Crippen MR) is 115 cm³/mol. The van der Waals surface area contributed by atoms with Gasteiger partial charge in [-0.3, -0.25) is 14.4 Å². The summed E-state index contributed by atoms with van der Waals surface area (Å²) >= 11 is 2.51. The number of nitrogens with one attached hydrogen (secondary N) is 2. The van der Waals surface area contributed by atoms with Gasteiger partial charge in [0.2, 0.25) is 5.91 Å². The molecule has 2 aliphatic heterocycles. The van der Waals surface area contributed by atoms with Crippen molar-refractivity contribution in [3.05, 3.63) is 80.3 Å². The predicted octanol–water partition coefficient (Wildman–Crippen LogP) is 3.29. The average molecular weight is 439 g/mol. The fraction of sp³-hybridized carbons (Fsp3) is 0.227. The minimum atomic E-state index is -1.06. The fourth-order valence-corrected chi connectivity index (χ4v) is 6.71. The van der Waals surface area contributed by atoms with Crippen molar-refractivity contribution in [2.45, 2.75) is 23.9 Å². The lowest BCUT2D eigenvalue weighted by Crippen LogP contribution is -2.50. The molecule has 2 N–H and O–H groups in total. The van der Waals surface area contributed by atoms with Gasteiger partial charge in [-0.15, -0.1) is 11.8 Å². The Morgan fingerprint density at radius 3 is 2.73 bits per heavy atom. The number of fused-ring (bicyclic) bond motifs is 5. The first-order valence-corrected chi connectivity index (χ1v) is 11.3. The van der Waals surface area contributed by atoms with Gasteiger partial charge in [0.25, 0.3) is 0 Å². The molecule has 8 heteroatoms. The smallest absolute Gasteiger partial charge is 0.319 e. The number of thioether (sulfide) groups is 1. The highest BCUT2D eigenvalue weighted by Gasteiger charge is 2.57. The first kappa shape index (κ1) is 19.1. The molecule has 2 aromatic carbocycles. The molecule has 0 unspecified atom stereocenters. The van der Waals surface area contributed by atoms with Crippen molar-refractivity contribution < 1.29 is 14.3 Å². The minimum absolute atomic E-state index is 0.00377. The van der Waals surface area contributed by atoms with Crippen LogP contribution in [0, 0.1) is 5.41 Å². The van der Waals surface area contributed by atoms with Gasteiger partial charge in [0.05, 0.1) is 10.4 Å². The number of benzene rings is 2. The average Bonchev–Trinajstić information content (AvgIpc) is 3.13. The Labute approximate surface area is 180 Å². The number of rotatable bonds is 4. The molecule has 0 aliphatic carbocycles. The van der Waals surface area contributed by atoms with E-state index in [9.17, 15) is 14.4 Å². The van der Waals surface area contributed by atoms with E-state index >= 15 is 0 Å². The maximum absolute atomic E-state index is 13.2. The topological polar surface area (TPSA) is 88.3 Å². The summed E-state index contributed by atoms with van der Waals surface area (Å²) in [6, 6.07) is 17.0. The molecule has 5 rings (SSSR count). The Bertz CT molecular complexity index is 1190. The Hall–Kier alpha value is -2.84. The first-order valence-electron chi connectivity index (χ1n) is 9.54. The molecule has 0 radical (unpaired) electrons. The van der Waals surface area contributed by atoms with Crippen LogP contribution in [0.25, 0.3) is 0 Å².